The highest BCUT2D eigenvalue weighted by Gasteiger charge is 2.18. The Kier molecular flexibility index (Phi) is 5.23. The highest BCUT2D eigenvalue weighted by molar-refractivity contribution is 8.25. The van der Waals surface area contributed by atoms with Crippen molar-refractivity contribution in [3.05, 3.63) is 86.1 Å². The Morgan fingerprint density at radius 2 is 1.46 bits per heavy atom. The Labute approximate surface area is 157 Å². The third-order valence-corrected chi connectivity index (χ3v) is 8.51. The summed E-state index contributed by atoms with van der Waals surface area (Å²) in [5, 5.41) is 0. The lowest BCUT2D eigenvalue weighted by Crippen LogP contribution is -1.92. The molecule has 120 valence electrons. The van der Waals surface area contributed by atoms with Gasteiger partial charge in [0.15, 0.2) is 0 Å². The minimum atomic E-state index is 1.01. The van der Waals surface area contributed by atoms with E-state index in [4.69, 9.17) is 4.99 Å². The van der Waals surface area contributed by atoms with Crippen molar-refractivity contribution in [1.82, 2.24) is 0 Å². The summed E-state index contributed by atoms with van der Waals surface area (Å²) in [6.07, 6.45) is 0. The van der Waals surface area contributed by atoms with Crippen LogP contribution < -0.4 is 4.67 Å². The van der Waals surface area contributed by atoms with Gasteiger partial charge in [0.25, 0.3) is 0 Å². The molecule has 2 aromatic carbocycles. The van der Waals surface area contributed by atoms with E-state index in [1.54, 1.807) is 10.3 Å². The van der Waals surface area contributed by atoms with E-state index < -0.39 is 0 Å². The highest BCUT2D eigenvalue weighted by Crippen LogP contribution is 2.45. The van der Waals surface area contributed by atoms with Crippen molar-refractivity contribution in [2.45, 2.75) is 0 Å². The normalized spacial score (nSPS) is 15.0. The van der Waals surface area contributed by atoms with Gasteiger partial charge in [0.1, 0.15) is 4.67 Å². The summed E-state index contributed by atoms with van der Waals surface area (Å²) in [4.78, 5) is 6.07. The molecule has 1 saturated heterocycles. The molecule has 0 atom stereocenters. The predicted molar refractivity (Wildman–Crippen MR) is 111 cm³/mol. The van der Waals surface area contributed by atoms with Gasteiger partial charge >= 0.3 is 0 Å². The van der Waals surface area contributed by atoms with Crippen LogP contribution in [-0.4, -0.2) is 11.5 Å². The molecule has 0 N–H and O–H groups in total. The molecule has 0 amide bonds. The van der Waals surface area contributed by atoms with Gasteiger partial charge in [0.05, 0.1) is 10.6 Å². The Balaban J connectivity index is 1.78. The fourth-order valence-corrected chi connectivity index (χ4v) is 7.40. The molecule has 1 aliphatic rings. The minimum Gasteiger partial charge on any atom is -0.237 e. The topological polar surface area (TPSA) is 12.4 Å². The van der Waals surface area contributed by atoms with Crippen LogP contribution in [0.3, 0.4) is 0 Å². The lowest BCUT2D eigenvalue weighted by molar-refractivity contribution is 1.41. The molecule has 0 bridgehead atoms. The summed E-state index contributed by atoms with van der Waals surface area (Å²) in [6.45, 7) is 0. The van der Waals surface area contributed by atoms with E-state index in [0.29, 0.717) is 0 Å². The van der Waals surface area contributed by atoms with Crippen LogP contribution in [0, 0.1) is 0 Å². The number of thioether (sulfide) groups is 2. The molecule has 0 saturated carbocycles. The Bertz CT molecular complexity index is 899. The van der Waals surface area contributed by atoms with Crippen molar-refractivity contribution >= 4 is 55.5 Å². The zero-order valence-electron chi connectivity index (χ0n) is 12.8. The largest absolute Gasteiger partial charge is 0.237 e. The first kappa shape index (κ1) is 16.2. The molecule has 0 unspecified atom stereocenters. The van der Waals surface area contributed by atoms with E-state index in [0.717, 1.165) is 10.4 Å². The lowest BCUT2D eigenvalue weighted by Gasteiger charge is -2.08. The van der Waals surface area contributed by atoms with Gasteiger partial charge in [-0.2, -0.15) is 0 Å². The summed E-state index contributed by atoms with van der Waals surface area (Å²) < 4.78 is 2.52. The number of para-hydroxylation sites is 1. The van der Waals surface area contributed by atoms with E-state index in [2.05, 4.69) is 36.4 Å². The van der Waals surface area contributed by atoms with Gasteiger partial charge in [0.2, 0.25) is 0 Å². The van der Waals surface area contributed by atoms with Gasteiger partial charge in [-0.3, -0.25) is 0 Å². The van der Waals surface area contributed by atoms with Gasteiger partial charge in [-0.25, -0.2) is 4.99 Å². The van der Waals surface area contributed by atoms with Crippen molar-refractivity contribution in [2.75, 3.05) is 11.5 Å². The number of hydrogen-bond donors (Lipinski definition) is 0. The molecule has 3 aromatic rings. The van der Waals surface area contributed by atoms with Gasteiger partial charge in [-0.1, -0.05) is 69.2 Å². The predicted octanol–water partition coefficient (Wildman–Crippen LogP) is 6.24. The molecular weight excluding hydrogens is 370 g/mol. The zero-order chi connectivity index (χ0) is 16.2. The van der Waals surface area contributed by atoms with Crippen LogP contribution >= 0.6 is 44.2 Å². The summed E-state index contributed by atoms with van der Waals surface area (Å²) in [5.74, 6) is 2.40. The molecule has 1 aromatic heterocycles. The maximum atomic E-state index is 4.76. The van der Waals surface area contributed by atoms with Crippen LogP contribution in [0.1, 0.15) is 10.4 Å². The Morgan fingerprint density at radius 3 is 2.17 bits per heavy atom. The average Bonchev–Trinajstić information content (AvgIpc) is 3.30. The average molecular weight is 386 g/mol. The number of benzene rings is 2. The van der Waals surface area contributed by atoms with Crippen LogP contribution in [-0.2, 0) is 0 Å². The SMILES string of the molecule is c1ccc(N=c2cc(C(=C3SCCS3)c3ccccc3)ss2)cc1. The molecule has 0 aliphatic carbocycles. The number of hydrogen-bond acceptors (Lipinski definition) is 5. The zero-order valence-corrected chi connectivity index (χ0v) is 16.1. The van der Waals surface area contributed by atoms with Crippen LogP contribution in [0.25, 0.3) is 5.57 Å². The fourth-order valence-electron chi connectivity index (χ4n) is 2.46. The quantitative estimate of drug-likeness (QED) is 0.495. The van der Waals surface area contributed by atoms with Crippen molar-refractivity contribution in [3.63, 3.8) is 0 Å². The molecule has 1 fully saturated rings. The summed E-state index contributed by atoms with van der Waals surface area (Å²) >= 11 is 3.95. The van der Waals surface area contributed by atoms with Crippen molar-refractivity contribution in [1.29, 1.82) is 0 Å². The smallest absolute Gasteiger partial charge is 0.128 e. The molecule has 0 radical (unpaired) electrons. The van der Waals surface area contributed by atoms with Gasteiger partial charge in [0, 0.05) is 21.3 Å². The molecule has 5 heteroatoms. The number of nitrogens with zero attached hydrogens (tertiary/aromatic N) is 1. The fraction of sp³-hybridized carbons (Fsp3) is 0.105. The van der Waals surface area contributed by atoms with Crippen LogP contribution in [0.4, 0.5) is 5.69 Å². The summed E-state index contributed by atoms with van der Waals surface area (Å²) in [5.41, 5.74) is 3.69. The van der Waals surface area contributed by atoms with Crippen LogP contribution in [0.15, 0.2) is 76.0 Å². The lowest BCUT2D eigenvalue weighted by atomic mass is 10.1. The molecule has 1 nitrogen and oxygen atoms in total. The first-order chi connectivity index (χ1) is 11.9. The van der Waals surface area contributed by atoms with Crippen molar-refractivity contribution in [3.8, 4) is 0 Å². The summed E-state index contributed by atoms with van der Waals surface area (Å²) in [7, 11) is 3.57. The van der Waals surface area contributed by atoms with Gasteiger partial charge < -0.3 is 0 Å². The van der Waals surface area contributed by atoms with E-state index in [1.165, 1.54) is 31.8 Å². The standard InChI is InChI=1S/C19H15NS4/c1-3-7-14(8-4-1)18(19-21-11-12-22-19)16-13-17(24-23-16)20-15-9-5-2-6-10-15/h1-10,13H,11-12H2. The van der Waals surface area contributed by atoms with Crippen LogP contribution in [0.2, 0.25) is 0 Å². The van der Waals surface area contributed by atoms with Crippen molar-refractivity contribution < 1.29 is 0 Å². The molecule has 2 heterocycles. The minimum absolute atomic E-state index is 1.01. The van der Waals surface area contributed by atoms with Crippen molar-refractivity contribution in [2.24, 2.45) is 4.99 Å². The Hall–Kier alpha value is -1.27. The molecule has 1 aliphatic heterocycles. The Morgan fingerprint density at radius 1 is 0.792 bits per heavy atom. The monoisotopic (exact) mass is 385 g/mol. The summed E-state index contributed by atoms with van der Waals surface area (Å²) in [6, 6.07) is 23.1. The van der Waals surface area contributed by atoms with E-state index >= 15 is 0 Å². The molecular formula is C19H15NS4. The van der Waals surface area contributed by atoms with E-state index in [9.17, 15) is 0 Å². The third kappa shape index (κ3) is 3.70. The molecule has 4 rings (SSSR count). The second kappa shape index (κ2) is 7.74. The van der Waals surface area contributed by atoms with Gasteiger partial charge in [-0.05, 0) is 23.8 Å². The second-order valence-electron chi connectivity index (χ2n) is 5.19. The second-order valence-corrected chi connectivity index (χ2v) is 9.85. The molecule has 24 heavy (non-hydrogen) atoms. The van der Waals surface area contributed by atoms with E-state index in [1.807, 2.05) is 64.2 Å². The maximum absolute atomic E-state index is 4.76. The van der Waals surface area contributed by atoms with Crippen LogP contribution in [0.5, 0.6) is 0 Å². The maximum Gasteiger partial charge on any atom is 0.128 e. The third-order valence-electron chi connectivity index (χ3n) is 3.53. The van der Waals surface area contributed by atoms with Gasteiger partial charge in [-0.15, -0.1) is 23.5 Å². The van der Waals surface area contributed by atoms with E-state index in [-0.39, 0.29) is 0 Å². The molecule has 0 spiro atoms. The number of rotatable bonds is 3. The first-order valence-corrected chi connectivity index (χ1v) is 11.8. The first-order valence-electron chi connectivity index (χ1n) is 7.66. The highest BCUT2D eigenvalue weighted by atomic mass is 32.9.